The van der Waals surface area contributed by atoms with E-state index >= 15 is 0 Å². The van der Waals surface area contributed by atoms with Crippen LogP contribution >= 0.6 is 0 Å². The molecule has 1 aromatic heterocycles. The zero-order valence-electron chi connectivity index (χ0n) is 7.66. The Bertz CT molecular complexity index is 293. The molecule has 4 N–H and O–H groups in total. The van der Waals surface area contributed by atoms with Gasteiger partial charge in [0.25, 0.3) is 0 Å². The summed E-state index contributed by atoms with van der Waals surface area (Å²) in [4.78, 5) is 12.5. The Balaban J connectivity index is 2.44. The molecular weight excluding hydrogens is 170 g/mol. The van der Waals surface area contributed by atoms with Crippen molar-refractivity contribution in [2.24, 2.45) is 0 Å². The zero-order valence-corrected chi connectivity index (χ0v) is 7.66. The number of amides is 2. The standard InChI is InChI=1S/C7H13N5O/c1-12(2)7(13)9-3-5-4-10-11-6(5)8/h4H,3H2,1-2H3,(H,9,13)(H3,8,10,11). The molecule has 1 rings (SSSR count). The fourth-order valence-electron chi connectivity index (χ4n) is 0.791. The Kier molecular flexibility index (Phi) is 2.73. The molecule has 0 aromatic carbocycles. The second-order valence-electron chi connectivity index (χ2n) is 2.86. The van der Waals surface area contributed by atoms with Gasteiger partial charge in [-0.15, -0.1) is 0 Å². The van der Waals surface area contributed by atoms with E-state index in [1.165, 1.54) is 4.90 Å². The van der Waals surface area contributed by atoms with Crippen LogP contribution in [-0.2, 0) is 6.54 Å². The molecule has 1 heterocycles. The van der Waals surface area contributed by atoms with Crippen LogP contribution in [0.15, 0.2) is 6.20 Å². The molecular formula is C7H13N5O. The second-order valence-corrected chi connectivity index (χ2v) is 2.86. The van der Waals surface area contributed by atoms with Gasteiger partial charge in [0.05, 0.1) is 6.20 Å². The highest BCUT2D eigenvalue weighted by molar-refractivity contribution is 5.73. The maximum atomic E-state index is 11.1. The second kappa shape index (κ2) is 3.79. The lowest BCUT2D eigenvalue weighted by Gasteiger charge is -2.11. The first kappa shape index (κ1) is 9.37. The summed E-state index contributed by atoms with van der Waals surface area (Å²) >= 11 is 0. The minimum atomic E-state index is -0.152. The highest BCUT2D eigenvalue weighted by atomic mass is 16.2. The molecule has 0 saturated carbocycles. The van der Waals surface area contributed by atoms with Crippen LogP contribution in [0.5, 0.6) is 0 Å². The SMILES string of the molecule is CN(C)C(=O)NCc1cn[nH]c1N. The van der Waals surface area contributed by atoms with Gasteiger partial charge in [0.2, 0.25) is 0 Å². The van der Waals surface area contributed by atoms with Crippen molar-refractivity contribution in [1.29, 1.82) is 0 Å². The number of H-pyrrole nitrogens is 1. The van der Waals surface area contributed by atoms with Crippen molar-refractivity contribution in [2.45, 2.75) is 6.54 Å². The number of aromatic amines is 1. The Labute approximate surface area is 76.1 Å². The molecule has 2 amide bonds. The van der Waals surface area contributed by atoms with Gasteiger partial charge >= 0.3 is 6.03 Å². The van der Waals surface area contributed by atoms with Gasteiger partial charge in [-0.2, -0.15) is 5.10 Å². The number of anilines is 1. The topological polar surface area (TPSA) is 87.0 Å². The maximum absolute atomic E-state index is 11.1. The molecule has 0 radical (unpaired) electrons. The lowest BCUT2D eigenvalue weighted by molar-refractivity contribution is 0.217. The number of urea groups is 1. The van der Waals surface area contributed by atoms with Crippen molar-refractivity contribution >= 4 is 11.8 Å². The first-order chi connectivity index (χ1) is 6.11. The molecule has 6 nitrogen and oxygen atoms in total. The minimum Gasteiger partial charge on any atom is -0.384 e. The number of carbonyl (C=O) groups excluding carboxylic acids is 1. The number of hydrogen-bond acceptors (Lipinski definition) is 3. The molecule has 1 aromatic rings. The van der Waals surface area contributed by atoms with E-state index in [4.69, 9.17) is 5.73 Å². The van der Waals surface area contributed by atoms with Gasteiger partial charge in [-0.25, -0.2) is 4.79 Å². The Morgan fingerprint density at radius 1 is 1.77 bits per heavy atom. The normalized spacial score (nSPS) is 9.69. The van der Waals surface area contributed by atoms with Crippen molar-refractivity contribution in [3.8, 4) is 0 Å². The van der Waals surface area contributed by atoms with E-state index in [2.05, 4.69) is 15.5 Å². The average Bonchev–Trinajstić information content (AvgIpc) is 2.47. The summed E-state index contributed by atoms with van der Waals surface area (Å²) in [6.07, 6.45) is 1.59. The number of aromatic nitrogens is 2. The fourth-order valence-corrected chi connectivity index (χ4v) is 0.791. The fraction of sp³-hybridized carbons (Fsp3) is 0.429. The molecule has 0 atom stereocenters. The third-order valence-electron chi connectivity index (χ3n) is 1.59. The first-order valence-corrected chi connectivity index (χ1v) is 3.84. The highest BCUT2D eigenvalue weighted by Gasteiger charge is 2.05. The molecule has 0 spiro atoms. The molecule has 0 aliphatic carbocycles. The van der Waals surface area contributed by atoms with Crippen LogP contribution in [0.4, 0.5) is 10.6 Å². The molecule has 13 heavy (non-hydrogen) atoms. The van der Waals surface area contributed by atoms with E-state index in [-0.39, 0.29) is 6.03 Å². The van der Waals surface area contributed by atoms with Crippen molar-refractivity contribution in [3.63, 3.8) is 0 Å². The highest BCUT2D eigenvalue weighted by Crippen LogP contribution is 2.04. The Hall–Kier alpha value is -1.72. The monoisotopic (exact) mass is 183 g/mol. The van der Waals surface area contributed by atoms with E-state index in [1.54, 1.807) is 20.3 Å². The molecule has 0 aliphatic rings. The van der Waals surface area contributed by atoms with Gasteiger partial charge in [0, 0.05) is 26.2 Å². The van der Waals surface area contributed by atoms with Crippen molar-refractivity contribution in [3.05, 3.63) is 11.8 Å². The van der Waals surface area contributed by atoms with Crippen LogP contribution in [0.1, 0.15) is 5.56 Å². The summed E-state index contributed by atoms with van der Waals surface area (Å²) in [5.41, 5.74) is 6.31. The number of nitrogens with zero attached hydrogens (tertiary/aromatic N) is 2. The van der Waals surface area contributed by atoms with Crippen molar-refractivity contribution in [1.82, 2.24) is 20.4 Å². The summed E-state index contributed by atoms with van der Waals surface area (Å²) in [6, 6.07) is -0.152. The third-order valence-corrected chi connectivity index (χ3v) is 1.59. The van der Waals surface area contributed by atoms with Crippen LogP contribution in [0.3, 0.4) is 0 Å². The van der Waals surface area contributed by atoms with Crippen LogP contribution in [-0.4, -0.2) is 35.2 Å². The third kappa shape index (κ3) is 2.36. The minimum absolute atomic E-state index is 0.152. The summed E-state index contributed by atoms with van der Waals surface area (Å²) in [6.45, 7) is 0.388. The largest absolute Gasteiger partial charge is 0.384 e. The van der Waals surface area contributed by atoms with E-state index < -0.39 is 0 Å². The molecule has 0 saturated heterocycles. The predicted molar refractivity (Wildman–Crippen MR) is 48.9 cm³/mol. The molecule has 0 unspecified atom stereocenters. The van der Waals surface area contributed by atoms with E-state index in [0.717, 1.165) is 5.56 Å². The van der Waals surface area contributed by atoms with Crippen LogP contribution in [0.25, 0.3) is 0 Å². The summed E-state index contributed by atoms with van der Waals surface area (Å²) in [5, 5.41) is 8.99. The van der Waals surface area contributed by atoms with Gasteiger partial charge in [0.1, 0.15) is 5.82 Å². The van der Waals surface area contributed by atoms with Gasteiger partial charge in [0.15, 0.2) is 0 Å². The number of nitrogens with one attached hydrogen (secondary N) is 2. The van der Waals surface area contributed by atoms with Crippen LogP contribution < -0.4 is 11.1 Å². The van der Waals surface area contributed by atoms with E-state index in [1.807, 2.05) is 0 Å². The molecule has 0 bridgehead atoms. The van der Waals surface area contributed by atoms with E-state index in [9.17, 15) is 4.79 Å². The van der Waals surface area contributed by atoms with Crippen molar-refractivity contribution < 1.29 is 4.79 Å². The van der Waals surface area contributed by atoms with Gasteiger partial charge in [-0.3, -0.25) is 5.10 Å². The van der Waals surface area contributed by atoms with Gasteiger partial charge in [-0.1, -0.05) is 0 Å². The molecule has 6 heteroatoms. The molecule has 72 valence electrons. The summed E-state index contributed by atoms with van der Waals surface area (Å²) in [5.74, 6) is 0.485. The lowest BCUT2D eigenvalue weighted by atomic mass is 10.3. The smallest absolute Gasteiger partial charge is 0.317 e. The number of nitrogens with two attached hydrogens (primary N) is 1. The van der Waals surface area contributed by atoms with E-state index in [0.29, 0.717) is 12.4 Å². The summed E-state index contributed by atoms with van der Waals surface area (Å²) in [7, 11) is 3.35. The number of hydrogen-bond donors (Lipinski definition) is 3. The predicted octanol–water partition coefficient (Wildman–Crippen LogP) is -0.237. The molecule has 0 aliphatic heterocycles. The van der Waals surface area contributed by atoms with Crippen LogP contribution in [0.2, 0.25) is 0 Å². The lowest BCUT2D eigenvalue weighted by Crippen LogP contribution is -2.33. The first-order valence-electron chi connectivity index (χ1n) is 3.84. The quantitative estimate of drug-likeness (QED) is 0.591. The summed E-state index contributed by atoms with van der Waals surface area (Å²) < 4.78 is 0. The zero-order chi connectivity index (χ0) is 9.84. The number of rotatable bonds is 2. The van der Waals surface area contributed by atoms with Crippen LogP contribution in [0, 0.1) is 0 Å². The Morgan fingerprint density at radius 2 is 2.46 bits per heavy atom. The van der Waals surface area contributed by atoms with Gasteiger partial charge < -0.3 is 16.0 Å². The van der Waals surface area contributed by atoms with Gasteiger partial charge in [-0.05, 0) is 0 Å². The van der Waals surface area contributed by atoms with Crippen molar-refractivity contribution in [2.75, 3.05) is 19.8 Å². The molecule has 0 fully saturated rings. The maximum Gasteiger partial charge on any atom is 0.317 e. The average molecular weight is 183 g/mol. The number of carbonyl (C=O) groups is 1. The Morgan fingerprint density at radius 3 is 2.92 bits per heavy atom. The number of nitrogen functional groups attached to an aromatic ring is 1.